The summed E-state index contributed by atoms with van der Waals surface area (Å²) in [4.78, 5) is 11.9. The summed E-state index contributed by atoms with van der Waals surface area (Å²) < 4.78 is 5.05. The molecule has 0 radical (unpaired) electrons. The smallest absolute Gasteiger partial charge is 0.225 e. The van der Waals surface area contributed by atoms with Crippen LogP contribution in [-0.2, 0) is 9.53 Å². The van der Waals surface area contributed by atoms with Crippen molar-refractivity contribution in [2.24, 2.45) is 11.7 Å². The first-order valence-electron chi connectivity index (χ1n) is 5.53. The lowest BCUT2D eigenvalue weighted by molar-refractivity contribution is -0.127. The van der Waals surface area contributed by atoms with Gasteiger partial charge in [0.05, 0.1) is 18.1 Å². The van der Waals surface area contributed by atoms with E-state index in [0.29, 0.717) is 6.61 Å². The van der Waals surface area contributed by atoms with E-state index in [0.717, 1.165) is 19.3 Å². The summed E-state index contributed by atoms with van der Waals surface area (Å²) in [6.07, 6.45) is 2.93. The van der Waals surface area contributed by atoms with Crippen LogP contribution in [0, 0.1) is 5.92 Å². The molecule has 1 aliphatic rings. The fourth-order valence-electron chi connectivity index (χ4n) is 2.14. The van der Waals surface area contributed by atoms with Crippen LogP contribution in [0.1, 0.15) is 33.1 Å². The molecule has 0 saturated heterocycles. The highest BCUT2D eigenvalue weighted by Crippen LogP contribution is 2.24. The van der Waals surface area contributed by atoms with Gasteiger partial charge in [-0.15, -0.1) is 0 Å². The van der Waals surface area contributed by atoms with E-state index in [9.17, 15) is 4.79 Å². The quantitative estimate of drug-likeness (QED) is 0.722. The molecule has 1 saturated carbocycles. The van der Waals surface area contributed by atoms with Gasteiger partial charge in [-0.2, -0.15) is 0 Å². The molecule has 0 aromatic rings. The molecular formula is C11H22N2O2. The van der Waals surface area contributed by atoms with Crippen LogP contribution in [0.25, 0.3) is 0 Å². The number of nitrogens with one attached hydrogen (secondary N) is 1. The predicted octanol–water partition coefficient (Wildman–Crippen LogP) is 0.655. The van der Waals surface area contributed by atoms with Crippen molar-refractivity contribution >= 4 is 5.91 Å². The van der Waals surface area contributed by atoms with Gasteiger partial charge in [-0.1, -0.05) is 6.42 Å². The summed E-state index contributed by atoms with van der Waals surface area (Å²) in [5.41, 5.74) is 5.57. The van der Waals surface area contributed by atoms with Gasteiger partial charge in [-0.25, -0.2) is 0 Å². The highest BCUT2D eigenvalue weighted by Gasteiger charge is 2.32. The second-order valence-corrected chi connectivity index (χ2v) is 5.01. The second-order valence-electron chi connectivity index (χ2n) is 5.01. The highest BCUT2D eigenvalue weighted by atomic mass is 16.5. The van der Waals surface area contributed by atoms with Crippen molar-refractivity contribution in [1.82, 2.24) is 5.32 Å². The van der Waals surface area contributed by atoms with E-state index in [1.165, 1.54) is 0 Å². The lowest BCUT2D eigenvalue weighted by atomic mass is 10.00. The van der Waals surface area contributed by atoms with Crippen LogP contribution < -0.4 is 11.1 Å². The lowest BCUT2D eigenvalue weighted by Crippen LogP contribution is -2.51. The largest absolute Gasteiger partial charge is 0.382 e. The van der Waals surface area contributed by atoms with Gasteiger partial charge in [0.1, 0.15) is 0 Å². The van der Waals surface area contributed by atoms with Crippen molar-refractivity contribution in [2.75, 3.05) is 13.7 Å². The monoisotopic (exact) mass is 214 g/mol. The molecule has 0 spiro atoms. The molecule has 1 amide bonds. The molecule has 2 atom stereocenters. The number of carbonyl (C=O) groups excluding carboxylic acids is 1. The third-order valence-electron chi connectivity index (χ3n) is 2.87. The van der Waals surface area contributed by atoms with E-state index < -0.39 is 0 Å². The first-order chi connectivity index (χ1) is 6.96. The molecule has 0 bridgehead atoms. The number of rotatable bonds is 4. The topological polar surface area (TPSA) is 64.3 Å². The maximum absolute atomic E-state index is 11.9. The molecule has 1 aliphatic carbocycles. The zero-order valence-corrected chi connectivity index (χ0v) is 9.88. The zero-order valence-electron chi connectivity index (χ0n) is 9.88. The maximum atomic E-state index is 11.9. The number of nitrogens with two attached hydrogens (primary N) is 1. The first-order valence-corrected chi connectivity index (χ1v) is 5.53. The van der Waals surface area contributed by atoms with Crippen molar-refractivity contribution < 1.29 is 9.53 Å². The van der Waals surface area contributed by atoms with Gasteiger partial charge in [0.25, 0.3) is 0 Å². The Balaban J connectivity index is 2.47. The normalized spacial score (nSPS) is 26.7. The fourth-order valence-corrected chi connectivity index (χ4v) is 2.14. The van der Waals surface area contributed by atoms with Crippen molar-refractivity contribution in [1.29, 1.82) is 0 Å². The number of ether oxygens (including phenoxy) is 1. The van der Waals surface area contributed by atoms with Crippen LogP contribution in [0.2, 0.25) is 0 Å². The molecule has 3 N–H and O–H groups in total. The van der Waals surface area contributed by atoms with Crippen LogP contribution in [-0.4, -0.2) is 31.2 Å². The summed E-state index contributed by atoms with van der Waals surface area (Å²) >= 11 is 0. The first kappa shape index (κ1) is 12.5. The Hall–Kier alpha value is -0.610. The molecule has 88 valence electrons. The minimum Gasteiger partial charge on any atom is -0.382 e. The summed E-state index contributed by atoms with van der Waals surface area (Å²) in [5.74, 6) is 0.0585. The minimum absolute atomic E-state index is 0.0128. The Labute approximate surface area is 91.5 Å². The van der Waals surface area contributed by atoms with Crippen molar-refractivity contribution in [3.63, 3.8) is 0 Å². The highest BCUT2D eigenvalue weighted by molar-refractivity contribution is 5.80. The van der Waals surface area contributed by atoms with Gasteiger partial charge >= 0.3 is 0 Å². The van der Waals surface area contributed by atoms with Crippen molar-refractivity contribution in [3.05, 3.63) is 0 Å². The Morgan fingerprint density at radius 2 is 2.20 bits per heavy atom. The summed E-state index contributed by atoms with van der Waals surface area (Å²) in [6, 6.07) is 0.0309. The van der Waals surface area contributed by atoms with Gasteiger partial charge in [-0.3, -0.25) is 4.79 Å². The molecule has 2 unspecified atom stereocenters. The molecule has 4 nitrogen and oxygen atoms in total. The van der Waals surface area contributed by atoms with Gasteiger partial charge in [0.2, 0.25) is 5.91 Å². The van der Waals surface area contributed by atoms with Crippen LogP contribution >= 0.6 is 0 Å². The van der Waals surface area contributed by atoms with E-state index in [-0.39, 0.29) is 23.4 Å². The van der Waals surface area contributed by atoms with Crippen LogP contribution in [0.4, 0.5) is 0 Å². The summed E-state index contributed by atoms with van der Waals surface area (Å²) in [6.45, 7) is 4.42. The molecule has 1 rings (SSSR count). The molecule has 1 fully saturated rings. The van der Waals surface area contributed by atoms with Gasteiger partial charge in [-0.05, 0) is 26.7 Å². The molecule has 15 heavy (non-hydrogen) atoms. The minimum atomic E-state index is -0.311. The van der Waals surface area contributed by atoms with Gasteiger partial charge in [0.15, 0.2) is 0 Å². The molecule has 0 heterocycles. The van der Waals surface area contributed by atoms with Crippen molar-refractivity contribution in [3.8, 4) is 0 Å². The Bertz CT molecular complexity index is 229. The zero-order chi connectivity index (χ0) is 11.5. The van der Waals surface area contributed by atoms with Crippen LogP contribution in [0.3, 0.4) is 0 Å². The SMILES string of the molecule is COCC(C)(C)NC(=O)C1CCCC1N. The Kier molecular flexibility index (Phi) is 4.11. The average molecular weight is 214 g/mol. The number of hydrogen-bond donors (Lipinski definition) is 2. The number of carbonyl (C=O) groups is 1. The Morgan fingerprint density at radius 1 is 1.53 bits per heavy atom. The number of hydrogen-bond acceptors (Lipinski definition) is 3. The van der Waals surface area contributed by atoms with E-state index in [1.54, 1.807) is 7.11 Å². The third-order valence-corrected chi connectivity index (χ3v) is 2.87. The lowest BCUT2D eigenvalue weighted by Gasteiger charge is -2.28. The van der Waals surface area contributed by atoms with E-state index in [2.05, 4.69) is 5.32 Å². The number of methoxy groups -OCH3 is 1. The Morgan fingerprint density at radius 3 is 2.67 bits per heavy atom. The molecule has 0 aromatic heterocycles. The predicted molar refractivity (Wildman–Crippen MR) is 59.4 cm³/mol. The standard InChI is InChI=1S/C11H22N2O2/c1-11(2,7-15-3)13-10(14)8-5-4-6-9(8)12/h8-9H,4-7,12H2,1-3H3,(H,13,14). The molecule has 0 aromatic carbocycles. The molecule has 4 heteroatoms. The van der Waals surface area contributed by atoms with Crippen LogP contribution in [0.5, 0.6) is 0 Å². The van der Waals surface area contributed by atoms with Gasteiger partial charge in [0, 0.05) is 13.2 Å². The van der Waals surface area contributed by atoms with E-state index >= 15 is 0 Å². The van der Waals surface area contributed by atoms with E-state index in [4.69, 9.17) is 10.5 Å². The van der Waals surface area contributed by atoms with Crippen LogP contribution in [0.15, 0.2) is 0 Å². The summed E-state index contributed by atoms with van der Waals surface area (Å²) in [7, 11) is 1.63. The van der Waals surface area contributed by atoms with E-state index in [1.807, 2.05) is 13.8 Å². The van der Waals surface area contributed by atoms with Crippen molar-refractivity contribution in [2.45, 2.75) is 44.7 Å². The molecular weight excluding hydrogens is 192 g/mol. The second kappa shape index (κ2) is 4.94. The average Bonchev–Trinajstić information content (AvgIpc) is 2.50. The molecule has 0 aliphatic heterocycles. The number of amides is 1. The third kappa shape index (κ3) is 3.47. The van der Waals surface area contributed by atoms with Gasteiger partial charge < -0.3 is 15.8 Å². The maximum Gasteiger partial charge on any atom is 0.225 e. The fraction of sp³-hybridized carbons (Fsp3) is 0.909. The summed E-state index contributed by atoms with van der Waals surface area (Å²) in [5, 5.41) is 2.99.